The second-order valence-corrected chi connectivity index (χ2v) is 6.99. The van der Waals surface area contributed by atoms with Gasteiger partial charge in [0.15, 0.2) is 4.96 Å². The van der Waals surface area contributed by atoms with Crippen molar-refractivity contribution in [3.8, 4) is 17.0 Å². The van der Waals surface area contributed by atoms with Gasteiger partial charge < -0.3 is 4.74 Å². The lowest BCUT2D eigenvalue weighted by molar-refractivity contribution is 0.340. The molecule has 6 heteroatoms. The smallest absolute Gasteiger partial charge is 0.268 e. The first-order valence-electron chi connectivity index (χ1n) is 8.67. The number of nitrogens with zero attached hydrogens (tertiary/aromatic N) is 3. The molecule has 27 heavy (non-hydrogen) atoms. The summed E-state index contributed by atoms with van der Waals surface area (Å²) in [4.78, 5) is 23.1. The minimum atomic E-state index is -0.0987. The summed E-state index contributed by atoms with van der Waals surface area (Å²) in [6, 6.07) is 15.5. The molecule has 0 unspecified atom stereocenters. The van der Waals surface area contributed by atoms with Crippen LogP contribution < -0.4 is 10.3 Å². The highest BCUT2D eigenvalue weighted by Gasteiger charge is 2.14. The molecule has 0 saturated heterocycles. The average Bonchev–Trinajstić information content (AvgIpc) is 3.13. The molecule has 0 fully saturated rings. The summed E-state index contributed by atoms with van der Waals surface area (Å²) >= 11 is 1.46. The molecule has 0 amide bonds. The van der Waals surface area contributed by atoms with Gasteiger partial charge in [0.25, 0.3) is 5.56 Å². The molecular weight excluding hydrogens is 358 g/mol. The van der Waals surface area contributed by atoms with Crippen molar-refractivity contribution in [1.29, 1.82) is 0 Å². The molecule has 0 radical (unpaired) electrons. The van der Waals surface area contributed by atoms with E-state index >= 15 is 0 Å². The molecule has 0 N–H and O–H groups in total. The van der Waals surface area contributed by atoms with Gasteiger partial charge in [-0.1, -0.05) is 18.2 Å². The van der Waals surface area contributed by atoms with E-state index in [2.05, 4.69) is 4.98 Å². The number of hydrogen-bond acceptors (Lipinski definition) is 5. The van der Waals surface area contributed by atoms with Crippen LogP contribution in [-0.4, -0.2) is 21.0 Å². The molecule has 0 aliphatic heterocycles. The number of thiazole rings is 1. The van der Waals surface area contributed by atoms with E-state index in [1.54, 1.807) is 10.6 Å². The van der Waals surface area contributed by atoms with Crippen LogP contribution in [0.4, 0.5) is 0 Å². The van der Waals surface area contributed by atoms with Crippen LogP contribution in [0.5, 0.6) is 5.75 Å². The number of benzene rings is 2. The van der Waals surface area contributed by atoms with Crippen molar-refractivity contribution in [2.75, 3.05) is 6.61 Å². The highest BCUT2D eigenvalue weighted by atomic mass is 32.1. The molecule has 0 atom stereocenters. The Balaban J connectivity index is 1.77. The van der Waals surface area contributed by atoms with Gasteiger partial charge in [-0.2, -0.15) is 0 Å². The van der Waals surface area contributed by atoms with Gasteiger partial charge in [0.2, 0.25) is 0 Å². The quantitative estimate of drug-likeness (QED) is 0.436. The second kappa shape index (κ2) is 6.17. The molecule has 2 aromatic carbocycles. The Labute approximate surface area is 158 Å². The van der Waals surface area contributed by atoms with E-state index in [0.717, 1.165) is 27.9 Å². The Morgan fingerprint density at radius 2 is 1.89 bits per heavy atom. The van der Waals surface area contributed by atoms with E-state index in [-0.39, 0.29) is 5.56 Å². The zero-order valence-corrected chi connectivity index (χ0v) is 15.4. The number of pyridine rings is 1. The highest BCUT2D eigenvalue weighted by Crippen LogP contribution is 2.28. The molecule has 0 saturated carbocycles. The number of aromatic nitrogens is 3. The molecule has 0 spiro atoms. The van der Waals surface area contributed by atoms with E-state index in [1.165, 1.54) is 11.3 Å². The molecule has 3 aromatic heterocycles. The van der Waals surface area contributed by atoms with Crippen molar-refractivity contribution in [3.05, 3.63) is 70.5 Å². The number of rotatable bonds is 3. The monoisotopic (exact) mass is 373 g/mol. The maximum absolute atomic E-state index is 13.2. The van der Waals surface area contributed by atoms with Crippen molar-refractivity contribution in [2.24, 2.45) is 0 Å². The average molecular weight is 373 g/mol. The molecular formula is C21H15N3O2S. The molecule has 0 aliphatic carbocycles. The fourth-order valence-electron chi connectivity index (χ4n) is 3.30. The lowest BCUT2D eigenvalue weighted by Gasteiger charge is -2.06. The molecule has 0 bridgehead atoms. The van der Waals surface area contributed by atoms with Gasteiger partial charge in [-0.3, -0.25) is 14.2 Å². The minimum Gasteiger partial charge on any atom is -0.494 e. The van der Waals surface area contributed by atoms with Crippen LogP contribution in [0.25, 0.3) is 38.0 Å². The van der Waals surface area contributed by atoms with Gasteiger partial charge in [-0.25, -0.2) is 4.98 Å². The fourth-order valence-corrected chi connectivity index (χ4v) is 4.18. The summed E-state index contributed by atoms with van der Waals surface area (Å²) in [5, 5.41) is 3.39. The minimum absolute atomic E-state index is 0.0987. The summed E-state index contributed by atoms with van der Waals surface area (Å²) in [6.45, 7) is 2.57. The molecule has 0 aliphatic rings. The van der Waals surface area contributed by atoms with E-state index in [4.69, 9.17) is 9.72 Å². The molecule has 5 rings (SSSR count). The van der Waals surface area contributed by atoms with Gasteiger partial charge in [0.05, 0.1) is 28.7 Å². The first-order chi connectivity index (χ1) is 13.3. The van der Waals surface area contributed by atoms with Crippen LogP contribution in [0, 0.1) is 0 Å². The fraction of sp³-hybridized carbons (Fsp3) is 0.0952. The van der Waals surface area contributed by atoms with Gasteiger partial charge in [0, 0.05) is 17.0 Å². The summed E-state index contributed by atoms with van der Waals surface area (Å²) in [5.41, 5.74) is 3.21. The van der Waals surface area contributed by atoms with E-state index in [1.807, 2.05) is 60.8 Å². The van der Waals surface area contributed by atoms with E-state index < -0.39 is 0 Å². The highest BCUT2D eigenvalue weighted by molar-refractivity contribution is 7.15. The zero-order chi connectivity index (χ0) is 18.4. The predicted molar refractivity (Wildman–Crippen MR) is 109 cm³/mol. The molecule has 5 aromatic rings. The summed E-state index contributed by atoms with van der Waals surface area (Å²) in [6.07, 6.45) is 1.62. The molecule has 5 nitrogen and oxygen atoms in total. The SMILES string of the molecule is CCOc1ccc(-c2csc3nc4c(cnc5ccccc54)c(=O)n23)cc1. The van der Waals surface area contributed by atoms with Crippen LogP contribution in [0.2, 0.25) is 0 Å². The van der Waals surface area contributed by atoms with Crippen molar-refractivity contribution in [2.45, 2.75) is 6.92 Å². The molecule has 132 valence electrons. The Morgan fingerprint density at radius 1 is 1.07 bits per heavy atom. The summed E-state index contributed by atoms with van der Waals surface area (Å²) < 4.78 is 7.17. The van der Waals surface area contributed by atoms with Crippen molar-refractivity contribution in [3.63, 3.8) is 0 Å². The summed E-state index contributed by atoms with van der Waals surface area (Å²) in [5.74, 6) is 0.812. The van der Waals surface area contributed by atoms with Crippen LogP contribution in [0.3, 0.4) is 0 Å². The third-order valence-electron chi connectivity index (χ3n) is 4.56. The number of ether oxygens (including phenoxy) is 1. The Kier molecular flexibility index (Phi) is 3.65. The van der Waals surface area contributed by atoms with Gasteiger partial charge >= 0.3 is 0 Å². The Morgan fingerprint density at radius 3 is 2.70 bits per heavy atom. The van der Waals surface area contributed by atoms with Gasteiger partial charge in [0.1, 0.15) is 5.75 Å². The van der Waals surface area contributed by atoms with Crippen molar-refractivity contribution in [1.82, 2.24) is 14.4 Å². The topological polar surface area (TPSA) is 56.5 Å². The van der Waals surface area contributed by atoms with E-state index in [0.29, 0.717) is 22.5 Å². The number of para-hydroxylation sites is 1. The third-order valence-corrected chi connectivity index (χ3v) is 5.38. The van der Waals surface area contributed by atoms with Gasteiger partial charge in [-0.15, -0.1) is 11.3 Å². The maximum Gasteiger partial charge on any atom is 0.268 e. The van der Waals surface area contributed by atoms with Crippen LogP contribution in [0.1, 0.15) is 6.92 Å². The largest absolute Gasteiger partial charge is 0.494 e. The maximum atomic E-state index is 13.2. The van der Waals surface area contributed by atoms with Crippen LogP contribution in [0.15, 0.2) is 64.9 Å². The normalized spacial score (nSPS) is 11.4. The molecule has 3 heterocycles. The van der Waals surface area contributed by atoms with E-state index in [9.17, 15) is 4.79 Å². The first-order valence-corrected chi connectivity index (χ1v) is 9.55. The predicted octanol–water partition coefficient (Wildman–Crippen LogP) is 4.52. The Bertz CT molecular complexity index is 1350. The summed E-state index contributed by atoms with van der Waals surface area (Å²) in [7, 11) is 0. The van der Waals surface area contributed by atoms with Crippen molar-refractivity contribution >= 4 is 38.1 Å². The van der Waals surface area contributed by atoms with Crippen molar-refractivity contribution < 1.29 is 4.74 Å². The lowest BCUT2D eigenvalue weighted by atomic mass is 10.1. The Hall–Kier alpha value is -3.25. The second-order valence-electron chi connectivity index (χ2n) is 6.15. The number of hydrogen-bond donors (Lipinski definition) is 0. The third kappa shape index (κ3) is 2.49. The zero-order valence-electron chi connectivity index (χ0n) is 14.5. The first kappa shape index (κ1) is 16.0. The van der Waals surface area contributed by atoms with Gasteiger partial charge in [-0.05, 0) is 42.8 Å². The van der Waals surface area contributed by atoms with Crippen LogP contribution in [-0.2, 0) is 0 Å². The standard InChI is InChI=1S/C21H15N3O2S/c1-2-26-14-9-7-13(8-10-14)18-12-27-21-23-19-15-5-3-4-6-17(15)22-11-16(19)20(25)24(18)21/h3-12H,2H2,1H3. The number of fused-ring (bicyclic) bond motifs is 4. The van der Waals surface area contributed by atoms with Crippen LogP contribution >= 0.6 is 11.3 Å². The lowest BCUT2D eigenvalue weighted by Crippen LogP contribution is -2.15.